The number of halogens is 1. The Morgan fingerprint density at radius 1 is 1.40 bits per heavy atom. The predicted molar refractivity (Wildman–Crippen MR) is 61.2 cm³/mol. The molecule has 0 amide bonds. The summed E-state index contributed by atoms with van der Waals surface area (Å²) in [6, 6.07) is 7.91. The molecule has 2 aromatic rings. The number of aromatic nitrogens is 2. The van der Waals surface area contributed by atoms with Gasteiger partial charge in [0, 0.05) is 13.2 Å². The number of fused-ring (bicyclic) bond motifs is 1. The molecule has 0 N–H and O–H groups in total. The average Bonchev–Trinajstić information content (AvgIpc) is 2.56. The molecular formula is C11H13ClN2O. The molecule has 0 saturated heterocycles. The third kappa shape index (κ3) is 2.13. The molecule has 1 heterocycles. The minimum atomic E-state index is 0.524. The fraction of sp³-hybridized carbons (Fsp3) is 0.364. The molecule has 4 heteroatoms. The van der Waals surface area contributed by atoms with Crippen molar-refractivity contribution in [2.24, 2.45) is 0 Å². The van der Waals surface area contributed by atoms with Gasteiger partial charge in [0.15, 0.2) is 0 Å². The van der Waals surface area contributed by atoms with Crippen LogP contribution in [0.5, 0.6) is 0 Å². The van der Waals surface area contributed by atoms with E-state index in [9.17, 15) is 0 Å². The summed E-state index contributed by atoms with van der Waals surface area (Å²) in [5, 5.41) is 0.524. The monoisotopic (exact) mass is 224 g/mol. The van der Waals surface area contributed by atoms with Crippen molar-refractivity contribution in [3.63, 3.8) is 0 Å². The van der Waals surface area contributed by atoms with Gasteiger partial charge in [0.05, 0.1) is 17.6 Å². The number of rotatable bonds is 4. The smallest absolute Gasteiger partial charge is 0.203 e. The Kier molecular flexibility index (Phi) is 3.23. The molecule has 0 aliphatic rings. The molecule has 3 nitrogen and oxygen atoms in total. The molecule has 2 rings (SSSR count). The van der Waals surface area contributed by atoms with E-state index in [-0.39, 0.29) is 0 Å². The zero-order valence-electron chi connectivity index (χ0n) is 8.61. The van der Waals surface area contributed by atoms with E-state index in [1.807, 2.05) is 35.8 Å². The van der Waals surface area contributed by atoms with Crippen LogP contribution in [0, 0.1) is 0 Å². The summed E-state index contributed by atoms with van der Waals surface area (Å²) in [7, 11) is 0. The molecule has 15 heavy (non-hydrogen) atoms. The number of imidazole rings is 1. The summed E-state index contributed by atoms with van der Waals surface area (Å²) in [5.74, 6) is 0. The van der Waals surface area contributed by atoms with Crippen LogP contribution in [0.2, 0.25) is 5.28 Å². The Morgan fingerprint density at radius 3 is 3.00 bits per heavy atom. The third-order valence-electron chi connectivity index (χ3n) is 2.27. The van der Waals surface area contributed by atoms with Crippen LogP contribution in [-0.4, -0.2) is 22.8 Å². The van der Waals surface area contributed by atoms with Gasteiger partial charge in [-0.2, -0.15) is 0 Å². The predicted octanol–water partition coefficient (Wildman–Crippen LogP) is 2.73. The molecule has 0 bridgehead atoms. The van der Waals surface area contributed by atoms with Crippen LogP contribution in [-0.2, 0) is 11.3 Å². The highest BCUT2D eigenvalue weighted by Gasteiger charge is 2.06. The van der Waals surface area contributed by atoms with Crippen LogP contribution >= 0.6 is 11.6 Å². The zero-order chi connectivity index (χ0) is 10.7. The highest BCUT2D eigenvalue weighted by molar-refractivity contribution is 6.29. The molecule has 0 radical (unpaired) electrons. The lowest BCUT2D eigenvalue weighted by Gasteiger charge is -2.05. The highest BCUT2D eigenvalue weighted by Crippen LogP contribution is 2.18. The van der Waals surface area contributed by atoms with E-state index >= 15 is 0 Å². The van der Waals surface area contributed by atoms with Crippen LogP contribution in [0.4, 0.5) is 0 Å². The number of ether oxygens (including phenoxy) is 1. The maximum Gasteiger partial charge on any atom is 0.203 e. The second kappa shape index (κ2) is 4.64. The summed E-state index contributed by atoms with van der Waals surface area (Å²) in [6.45, 7) is 4.11. The summed E-state index contributed by atoms with van der Waals surface area (Å²) >= 11 is 6.04. The molecule has 0 aliphatic carbocycles. The Balaban J connectivity index is 2.28. The standard InChI is InChI=1S/C11H13ClN2O/c1-2-15-8-7-14-10-6-4-3-5-9(10)13-11(14)12/h3-6H,2,7-8H2,1H3. The van der Waals surface area contributed by atoms with Gasteiger partial charge in [0.2, 0.25) is 5.28 Å². The second-order valence-corrected chi connectivity index (χ2v) is 3.56. The van der Waals surface area contributed by atoms with Crippen molar-refractivity contribution in [1.29, 1.82) is 0 Å². The minimum Gasteiger partial charge on any atom is -0.380 e. The van der Waals surface area contributed by atoms with Crippen molar-refractivity contribution in [1.82, 2.24) is 9.55 Å². The van der Waals surface area contributed by atoms with Crippen LogP contribution in [0.3, 0.4) is 0 Å². The van der Waals surface area contributed by atoms with E-state index in [1.165, 1.54) is 0 Å². The maximum absolute atomic E-state index is 6.04. The number of hydrogen-bond donors (Lipinski definition) is 0. The van der Waals surface area contributed by atoms with Crippen molar-refractivity contribution in [3.05, 3.63) is 29.5 Å². The van der Waals surface area contributed by atoms with Gasteiger partial charge >= 0.3 is 0 Å². The van der Waals surface area contributed by atoms with Crippen LogP contribution in [0.15, 0.2) is 24.3 Å². The lowest BCUT2D eigenvalue weighted by molar-refractivity contribution is 0.140. The molecule has 0 spiro atoms. The molecular weight excluding hydrogens is 212 g/mol. The fourth-order valence-corrected chi connectivity index (χ4v) is 1.83. The summed E-state index contributed by atoms with van der Waals surface area (Å²) in [5.41, 5.74) is 1.99. The molecule has 0 fully saturated rings. The number of nitrogens with zero attached hydrogens (tertiary/aromatic N) is 2. The Hall–Kier alpha value is -1.06. The highest BCUT2D eigenvalue weighted by atomic mass is 35.5. The Morgan fingerprint density at radius 2 is 2.20 bits per heavy atom. The first-order valence-corrected chi connectivity index (χ1v) is 5.39. The maximum atomic E-state index is 6.04. The molecule has 0 aliphatic heterocycles. The average molecular weight is 225 g/mol. The molecule has 1 aromatic carbocycles. The molecule has 0 saturated carbocycles. The first-order chi connectivity index (χ1) is 7.33. The number of hydrogen-bond acceptors (Lipinski definition) is 2. The largest absolute Gasteiger partial charge is 0.380 e. The van der Waals surface area contributed by atoms with Crippen molar-refractivity contribution < 1.29 is 4.74 Å². The number of para-hydroxylation sites is 2. The lowest BCUT2D eigenvalue weighted by Crippen LogP contribution is -2.05. The van der Waals surface area contributed by atoms with E-state index in [1.54, 1.807) is 0 Å². The van der Waals surface area contributed by atoms with Crippen molar-refractivity contribution in [3.8, 4) is 0 Å². The topological polar surface area (TPSA) is 27.1 Å². The van der Waals surface area contributed by atoms with Crippen LogP contribution in [0.25, 0.3) is 11.0 Å². The summed E-state index contributed by atoms with van der Waals surface area (Å²) in [4.78, 5) is 4.26. The van der Waals surface area contributed by atoms with Gasteiger partial charge in [-0.05, 0) is 30.7 Å². The Labute approximate surface area is 93.6 Å². The van der Waals surface area contributed by atoms with E-state index < -0.39 is 0 Å². The van der Waals surface area contributed by atoms with Gasteiger partial charge in [0.1, 0.15) is 0 Å². The lowest BCUT2D eigenvalue weighted by atomic mass is 10.3. The van der Waals surface area contributed by atoms with Gasteiger partial charge in [-0.15, -0.1) is 0 Å². The van der Waals surface area contributed by atoms with Crippen LogP contribution < -0.4 is 0 Å². The fourth-order valence-electron chi connectivity index (χ4n) is 1.56. The quantitative estimate of drug-likeness (QED) is 0.747. The minimum absolute atomic E-state index is 0.524. The van der Waals surface area contributed by atoms with Crippen molar-refractivity contribution in [2.75, 3.05) is 13.2 Å². The Bertz CT molecular complexity index is 453. The molecule has 0 unspecified atom stereocenters. The van der Waals surface area contributed by atoms with Gasteiger partial charge < -0.3 is 9.30 Å². The van der Waals surface area contributed by atoms with Crippen LogP contribution in [0.1, 0.15) is 6.92 Å². The molecule has 1 aromatic heterocycles. The van der Waals surface area contributed by atoms with E-state index in [4.69, 9.17) is 16.3 Å². The molecule has 80 valence electrons. The van der Waals surface area contributed by atoms with Gasteiger partial charge in [-0.25, -0.2) is 4.98 Å². The summed E-state index contributed by atoms with van der Waals surface area (Å²) < 4.78 is 7.27. The van der Waals surface area contributed by atoms with E-state index in [0.29, 0.717) is 11.9 Å². The number of benzene rings is 1. The second-order valence-electron chi connectivity index (χ2n) is 3.22. The van der Waals surface area contributed by atoms with Gasteiger partial charge in [-0.3, -0.25) is 0 Å². The third-order valence-corrected chi connectivity index (χ3v) is 2.56. The van der Waals surface area contributed by atoms with E-state index in [0.717, 1.165) is 24.2 Å². The van der Waals surface area contributed by atoms with Gasteiger partial charge in [-0.1, -0.05) is 12.1 Å². The first-order valence-electron chi connectivity index (χ1n) is 5.01. The van der Waals surface area contributed by atoms with E-state index in [2.05, 4.69) is 4.98 Å². The SMILES string of the molecule is CCOCCn1c(Cl)nc2ccccc21. The molecule has 0 atom stereocenters. The van der Waals surface area contributed by atoms with Crippen molar-refractivity contribution >= 4 is 22.6 Å². The van der Waals surface area contributed by atoms with Crippen molar-refractivity contribution in [2.45, 2.75) is 13.5 Å². The van der Waals surface area contributed by atoms with Gasteiger partial charge in [0.25, 0.3) is 0 Å². The first kappa shape index (κ1) is 10.5. The zero-order valence-corrected chi connectivity index (χ0v) is 9.37. The summed E-state index contributed by atoms with van der Waals surface area (Å²) in [6.07, 6.45) is 0. The normalized spacial score (nSPS) is 11.1.